The van der Waals surface area contributed by atoms with E-state index in [1.807, 2.05) is 20.2 Å². The van der Waals surface area contributed by atoms with Crippen LogP contribution in [0.25, 0.3) is 0 Å². The van der Waals surface area contributed by atoms with Crippen LogP contribution in [0.1, 0.15) is 21.7 Å². The van der Waals surface area contributed by atoms with Crippen LogP contribution in [0.4, 0.5) is 0 Å². The normalized spacial score (nSPS) is 10.7. The van der Waals surface area contributed by atoms with E-state index in [-0.39, 0.29) is 11.6 Å². The maximum absolute atomic E-state index is 11.9. The van der Waals surface area contributed by atoms with E-state index in [9.17, 15) is 4.79 Å². The molecule has 2 rings (SSSR count). The van der Waals surface area contributed by atoms with Gasteiger partial charge < -0.3 is 11.1 Å². The van der Waals surface area contributed by atoms with Crippen molar-refractivity contribution in [2.75, 3.05) is 6.54 Å². The second kappa shape index (κ2) is 5.61. The lowest BCUT2D eigenvalue weighted by molar-refractivity contribution is 0.0946. The highest BCUT2D eigenvalue weighted by atomic mass is 16.2. The predicted molar refractivity (Wildman–Crippen MR) is 68.2 cm³/mol. The van der Waals surface area contributed by atoms with Crippen LogP contribution in [0, 0.1) is 6.92 Å². The number of carbonyl (C=O) groups is 1. The SMILES string of the molecule is Cc1nn(C)cc1CNC(=O)c1cn(CCN)nn1. The smallest absolute Gasteiger partial charge is 0.273 e. The van der Waals surface area contributed by atoms with Crippen molar-refractivity contribution in [3.63, 3.8) is 0 Å². The number of aryl methyl sites for hydroxylation is 2. The second-order valence-corrected chi connectivity index (χ2v) is 4.25. The van der Waals surface area contributed by atoms with E-state index < -0.39 is 0 Å². The van der Waals surface area contributed by atoms with Gasteiger partial charge in [-0.15, -0.1) is 5.10 Å². The first kappa shape index (κ1) is 13.2. The fourth-order valence-corrected chi connectivity index (χ4v) is 1.73. The van der Waals surface area contributed by atoms with E-state index in [1.54, 1.807) is 15.6 Å². The molecule has 0 aromatic carbocycles. The Labute approximate surface area is 110 Å². The highest BCUT2D eigenvalue weighted by molar-refractivity contribution is 5.91. The van der Waals surface area contributed by atoms with Crippen molar-refractivity contribution in [3.8, 4) is 0 Å². The average Bonchev–Trinajstić information content (AvgIpc) is 2.94. The monoisotopic (exact) mass is 263 g/mol. The molecule has 0 aliphatic rings. The summed E-state index contributed by atoms with van der Waals surface area (Å²) in [5.41, 5.74) is 7.56. The lowest BCUT2D eigenvalue weighted by Gasteiger charge is -2.01. The number of hydrogen-bond donors (Lipinski definition) is 2. The molecule has 8 heteroatoms. The van der Waals surface area contributed by atoms with Crippen molar-refractivity contribution in [2.45, 2.75) is 20.0 Å². The molecule has 0 aliphatic carbocycles. The Kier molecular flexibility index (Phi) is 3.91. The van der Waals surface area contributed by atoms with Crippen LogP contribution in [0.2, 0.25) is 0 Å². The highest BCUT2D eigenvalue weighted by Gasteiger charge is 2.11. The average molecular weight is 263 g/mol. The molecular formula is C11H17N7O. The zero-order valence-corrected chi connectivity index (χ0v) is 11.0. The Morgan fingerprint density at radius 3 is 2.89 bits per heavy atom. The zero-order chi connectivity index (χ0) is 13.8. The third kappa shape index (κ3) is 3.16. The molecule has 102 valence electrons. The number of nitrogens with zero attached hydrogens (tertiary/aromatic N) is 5. The van der Waals surface area contributed by atoms with E-state index >= 15 is 0 Å². The number of amides is 1. The molecule has 19 heavy (non-hydrogen) atoms. The fourth-order valence-electron chi connectivity index (χ4n) is 1.73. The van der Waals surface area contributed by atoms with Crippen molar-refractivity contribution in [1.82, 2.24) is 30.1 Å². The molecule has 1 amide bonds. The summed E-state index contributed by atoms with van der Waals surface area (Å²) in [6, 6.07) is 0. The van der Waals surface area contributed by atoms with Gasteiger partial charge in [-0.2, -0.15) is 5.10 Å². The summed E-state index contributed by atoms with van der Waals surface area (Å²) < 4.78 is 3.26. The summed E-state index contributed by atoms with van der Waals surface area (Å²) in [5, 5.41) is 14.6. The molecule has 0 unspecified atom stereocenters. The van der Waals surface area contributed by atoms with Crippen LogP contribution in [-0.2, 0) is 20.1 Å². The predicted octanol–water partition coefficient (Wildman–Crippen LogP) is -0.791. The number of aromatic nitrogens is 5. The molecular weight excluding hydrogens is 246 g/mol. The van der Waals surface area contributed by atoms with Crippen LogP contribution in [-0.4, -0.2) is 37.2 Å². The van der Waals surface area contributed by atoms with Gasteiger partial charge in [0.25, 0.3) is 5.91 Å². The van der Waals surface area contributed by atoms with Gasteiger partial charge in [0.2, 0.25) is 0 Å². The number of hydrogen-bond acceptors (Lipinski definition) is 5. The Hall–Kier alpha value is -2.22. The van der Waals surface area contributed by atoms with Gasteiger partial charge >= 0.3 is 0 Å². The molecule has 0 saturated carbocycles. The largest absolute Gasteiger partial charge is 0.346 e. The van der Waals surface area contributed by atoms with Gasteiger partial charge in [-0.1, -0.05) is 5.21 Å². The molecule has 0 radical (unpaired) electrons. The van der Waals surface area contributed by atoms with Crippen LogP contribution in [0.15, 0.2) is 12.4 Å². The van der Waals surface area contributed by atoms with Crippen LogP contribution >= 0.6 is 0 Å². The van der Waals surface area contributed by atoms with Crippen LogP contribution < -0.4 is 11.1 Å². The Morgan fingerprint density at radius 2 is 2.26 bits per heavy atom. The maximum Gasteiger partial charge on any atom is 0.273 e. The minimum absolute atomic E-state index is 0.258. The highest BCUT2D eigenvalue weighted by Crippen LogP contribution is 2.04. The summed E-state index contributed by atoms with van der Waals surface area (Å²) in [7, 11) is 1.84. The van der Waals surface area contributed by atoms with E-state index in [1.165, 1.54) is 0 Å². The third-order valence-electron chi connectivity index (χ3n) is 2.68. The summed E-state index contributed by atoms with van der Waals surface area (Å²) in [6.45, 7) is 3.32. The first-order chi connectivity index (χ1) is 9.10. The summed E-state index contributed by atoms with van der Waals surface area (Å²) in [4.78, 5) is 11.9. The Morgan fingerprint density at radius 1 is 1.47 bits per heavy atom. The first-order valence-electron chi connectivity index (χ1n) is 5.97. The molecule has 0 fully saturated rings. The van der Waals surface area contributed by atoms with Gasteiger partial charge in [0, 0.05) is 31.9 Å². The minimum atomic E-state index is -0.258. The summed E-state index contributed by atoms with van der Waals surface area (Å²) >= 11 is 0. The molecule has 8 nitrogen and oxygen atoms in total. The molecule has 0 atom stereocenters. The lowest BCUT2D eigenvalue weighted by atomic mass is 10.2. The van der Waals surface area contributed by atoms with Gasteiger partial charge in [0.05, 0.1) is 18.4 Å². The topological polar surface area (TPSA) is 104 Å². The maximum atomic E-state index is 11.9. The zero-order valence-electron chi connectivity index (χ0n) is 11.0. The summed E-state index contributed by atoms with van der Waals surface area (Å²) in [5.74, 6) is -0.258. The van der Waals surface area contributed by atoms with E-state index in [4.69, 9.17) is 5.73 Å². The van der Waals surface area contributed by atoms with Crippen LogP contribution in [0.5, 0.6) is 0 Å². The standard InChI is InChI=1S/C11H17N7O/c1-8-9(6-17(2)15-8)5-13-11(19)10-7-18(4-3-12)16-14-10/h6-7H,3-5,12H2,1-2H3,(H,13,19). The molecule has 2 aromatic heterocycles. The molecule has 0 aliphatic heterocycles. The van der Waals surface area contributed by atoms with Crippen molar-refractivity contribution >= 4 is 5.91 Å². The third-order valence-corrected chi connectivity index (χ3v) is 2.68. The number of rotatable bonds is 5. The number of carbonyl (C=O) groups excluding carboxylic acids is 1. The molecule has 2 heterocycles. The Bertz CT molecular complexity index is 571. The molecule has 0 bridgehead atoms. The lowest BCUT2D eigenvalue weighted by Crippen LogP contribution is -2.23. The number of nitrogens with one attached hydrogen (secondary N) is 1. The number of nitrogens with two attached hydrogens (primary N) is 1. The van der Waals surface area contributed by atoms with Crippen molar-refractivity contribution < 1.29 is 4.79 Å². The van der Waals surface area contributed by atoms with Gasteiger partial charge in [-0.3, -0.25) is 14.2 Å². The van der Waals surface area contributed by atoms with Crippen molar-refractivity contribution in [2.24, 2.45) is 12.8 Å². The molecule has 0 spiro atoms. The first-order valence-corrected chi connectivity index (χ1v) is 5.97. The molecule has 3 N–H and O–H groups in total. The van der Waals surface area contributed by atoms with Gasteiger partial charge in [0.1, 0.15) is 0 Å². The van der Waals surface area contributed by atoms with Crippen LogP contribution in [0.3, 0.4) is 0 Å². The van der Waals surface area contributed by atoms with E-state index in [2.05, 4.69) is 20.7 Å². The van der Waals surface area contributed by atoms with Gasteiger partial charge in [0.15, 0.2) is 5.69 Å². The van der Waals surface area contributed by atoms with E-state index in [0.717, 1.165) is 11.3 Å². The van der Waals surface area contributed by atoms with E-state index in [0.29, 0.717) is 19.6 Å². The Balaban J connectivity index is 1.95. The summed E-state index contributed by atoms with van der Waals surface area (Å²) in [6.07, 6.45) is 3.46. The molecule has 2 aromatic rings. The minimum Gasteiger partial charge on any atom is -0.346 e. The fraction of sp³-hybridized carbons (Fsp3) is 0.455. The van der Waals surface area contributed by atoms with Gasteiger partial charge in [-0.25, -0.2) is 0 Å². The van der Waals surface area contributed by atoms with Crippen molar-refractivity contribution in [3.05, 3.63) is 29.3 Å². The molecule has 0 saturated heterocycles. The van der Waals surface area contributed by atoms with Gasteiger partial charge in [-0.05, 0) is 6.92 Å². The van der Waals surface area contributed by atoms with Crippen molar-refractivity contribution in [1.29, 1.82) is 0 Å². The quantitative estimate of drug-likeness (QED) is 0.735. The second-order valence-electron chi connectivity index (χ2n) is 4.25.